The summed E-state index contributed by atoms with van der Waals surface area (Å²) in [6, 6.07) is 11.4. The third-order valence-corrected chi connectivity index (χ3v) is 7.32. The van der Waals surface area contributed by atoms with Gasteiger partial charge in [0.05, 0.1) is 15.1 Å². The van der Waals surface area contributed by atoms with Crippen LogP contribution in [0, 0.1) is 0 Å². The van der Waals surface area contributed by atoms with Gasteiger partial charge >= 0.3 is 0 Å². The van der Waals surface area contributed by atoms with Crippen molar-refractivity contribution in [1.82, 2.24) is 0 Å². The molecule has 1 atom stereocenters. The van der Waals surface area contributed by atoms with Gasteiger partial charge in [-0.15, -0.1) is 0 Å². The number of hydrogen-bond acceptors (Lipinski definition) is 4. The van der Waals surface area contributed by atoms with E-state index >= 15 is 0 Å². The summed E-state index contributed by atoms with van der Waals surface area (Å²) >= 11 is 24.5. The second kappa shape index (κ2) is 7.87. The van der Waals surface area contributed by atoms with Crippen molar-refractivity contribution in [3.8, 4) is 11.5 Å². The Labute approximate surface area is 186 Å². The average Bonchev–Trinajstić information content (AvgIpc) is 2.60. The minimum absolute atomic E-state index is 0.00404. The van der Waals surface area contributed by atoms with Gasteiger partial charge in [0.15, 0.2) is 4.75 Å². The molecule has 0 aliphatic heterocycles. The molecule has 0 aromatic heterocycles. The molecule has 0 heterocycles. The maximum atomic E-state index is 13.0. The summed E-state index contributed by atoms with van der Waals surface area (Å²) in [5, 5.41) is 19.7. The predicted octanol–water partition coefficient (Wildman–Crippen LogP) is 5.89. The van der Waals surface area contributed by atoms with Crippen LogP contribution in [0.1, 0.15) is 16.7 Å². The molecule has 0 fully saturated rings. The van der Waals surface area contributed by atoms with Gasteiger partial charge in [0, 0.05) is 10.6 Å². The molecule has 3 rings (SSSR count). The lowest BCUT2D eigenvalue weighted by atomic mass is 9.83. The lowest BCUT2D eigenvalue weighted by Gasteiger charge is -2.33. The smallest absolute Gasteiger partial charge is 0.283 e. The molecule has 0 saturated carbocycles. The molecular weight excluding hydrogens is 482 g/mol. The van der Waals surface area contributed by atoms with Crippen LogP contribution in [0.5, 0.6) is 11.5 Å². The van der Waals surface area contributed by atoms with E-state index in [1.54, 1.807) is 0 Å². The van der Waals surface area contributed by atoms with Crippen molar-refractivity contribution in [3.63, 3.8) is 0 Å². The first-order valence-corrected chi connectivity index (χ1v) is 10.8. The van der Waals surface area contributed by atoms with E-state index < -0.39 is 14.9 Å². The molecule has 3 aromatic rings. The van der Waals surface area contributed by atoms with E-state index in [2.05, 4.69) is 0 Å². The summed E-state index contributed by atoms with van der Waals surface area (Å²) in [7, 11) is -5.06. The Hall–Kier alpha value is -1.67. The Morgan fingerprint density at radius 3 is 2.00 bits per heavy atom. The van der Waals surface area contributed by atoms with Crippen LogP contribution in [0.15, 0.2) is 54.6 Å². The van der Waals surface area contributed by atoms with Gasteiger partial charge in [0.1, 0.15) is 11.5 Å². The lowest BCUT2D eigenvalue weighted by molar-refractivity contribution is 0.455. The van der Waals surface area contributed by atoms with E-state index in [-0.39, 0.29) is 48.3 Å². The second-order valence-electron chi connectivity index (χ2n) is 6.13. The van der Waals surface area contributed by atoms with Gasteiger partial charge in [-0.2, -0.15) is 8.42 Å². The minimum Gasteiger partial charge on any atom is -0.508 e. The Morgan fingerprint density at radius 2 is 1.41 bits per heavy atom. The third kappa shape index (κ3) is 3.77. The van der Waals surface area contributed by atoms with E-state index in [1.807, 2.05) is 0 Å². The Kier molecular flexibility index (Phi) is 5.98. The fourth-order valence-electron chi connectivity index (χ4n) is 3.21. The Morgan fingerprint density at radius 1 is 0.759 bits per heavy atom. The van der Waals surface area contributed by atoms with Gasteiger partial charge in [-0.1, -0.05) is 64.6 Å². The van der Waals surface area contributed by atoms with Crippen molar-refractivity contribution in [2.24, 2.45) is 0 Å². The van der Waals surface area contributed by atoms with E-state index in [9.17, 15) is 23.2 Å². The molecule has 0 bridgehead atoms. The van der Waals surface area contributed by atoms with E-state index in [0.29, 0.717) is 0 Å². The number of hydrogen-bond donors (Lipinski definition) is 3. The maximum Gasteiger partial charge on any atom is 0.283 e. The standard InChI is InChI=1S/C19H12Cl4O5S/c20-12-6-11(8-14(25)9-12)19(29(26,27)28,10-2-1-3-13(24)7-10)15-4-5-16(21)18(23)17(15)22/h1-9,24-25H,(H,26,27,28). The molecule has 10 heteroatoms. The predicted molar refractivity (Wildman–Crippen MR) is 114 cm³/mol. The molecule has 0 spiro atoms. The van der Waals surface area contributed by atoms with Gasteiger partial charge in [-0.05, 0) is 47.5 Å². The Bertz CT molecular complexity index is 1190. The van der Waals surface area contributed by atoms with Crippen LogP contribution in [-0.4, -0.2) is 23.2 Å². The van der Waals surface area contributed by atoms with Crippen molar-refractivity contribution >= 4 is 56.5 Å². The highest BCUT2D eigenvalue weighted by molar-refractivity contribution is 7.87. The third-order valence-electron chi connectivity index (χ3n) is 4.34. The molecular formula is C19H12Cl4O5S. The summed E-state index contributed by atoms with van der Waals surface area (Å²) < 4.78 is 34.0. The van der Waals surface area contributed by atoms with Crippen molar-refractivity contribution in [2.45, 2.75) is 4.75 Å². The summed E-state index contributed by atoms with van der Waals surface area (Å²) in [6.07, 6.45) is 0. The van der Waals surface area contributed by atoms with Crippen LogP contribution in [0.2, 0.25) is 20.1 Å². The van der Waals surface area contributed by atoms with Crippen molar-refractivity contribution in [1.29, 1.82) is 0 Å². The molecule has 29 heavy (non-hydrogen) atoms. The average molecular weight is 494 g/mol. The molecule has 0 aliphatic rings. The van der Waals surface area contributed by atoms with Crippen LogP contribution in [0.25, 0.3) is 0 Å². The molecule has 0 amide bonds. The quantitative estimate of drug-likeness (QED) is 0.239. The number of halogens is 4. The summed E-state index contributed by atoms with van der Waals surface area (Å²) in [6.45, 7) is 0. The molecule has 3 N–H and O–H groups in total. The highest BCUT2D eigenvalue weighted by Gasteiger charge is 2.50. The van der Waals surface area contributed by atoms with Gasteiger partial charge in [0.25, 0.3) is 10.1 Å². The Balaban J connectivity index is 2.61. The van der Waals surface area contributed by atoms with Crippen molar-refractivity contribution in [2.75, 3.05) is 0 Å². The number of rotatable bonds is 4. The number of benzene rings is 3. The van der Waals surface area contributed by atoms with Crippen LogP contribution in [0.3, 0.4) is 0 Å². The number of aromatic hydroxyl groups is 2. The van der Waals surface area contributed by atoms with E-state index in [1.165, 1.54) is 42.5 Å². The zero-order chi connectivity index (χ0) is 21.6. The van der Waals surface area contributed by atoms with E-state index in [4.69, 9.17) is 46.4 Å². The van der Waals surface area contributed by atoms with Crippen LogP contribution < -0.4 is 0 Å². The SMILES string of the molecule is O=S(=O)(O)C(c1cccc(O)c1)(c1cc(O)cc(Cl)c1)c1ccc(Cl)c(Cl)c1Cl. The summed E-state index contributed by atoms with van der Waals surface area (Å²) in [5.74, 6) is -0.616. The topological polar surface area (TPSA) is 94.8 Å². The lowest BCUT2D eigenvalue weighted by Crippen LogP contribution is -2.38. The highest BCUT2D eigenvalue weighted by atomic mass is 35.5. The normalized spacial score (nSPS) is 13.8. The fourth-order valence-corrected chi connectivity index (χ4v) is 5.47. The van der Waals surface area contributed by atoms with Gasteiger partial charge in [-0.25, -0.2) is 0 Å². The van der Waals surface area contributed by atoms with Gasteiger partial charge < -0.3 is 10.2 Å². The zero-order valence-corrected chi connectivity index (χ0v) is 18.1. The molecule has 3 aromatic carbocycles. The van der Waals surface area contributed by atoms with Gasteiger partial charge in [-0.3, -0.25) is 4.55 Å². The first-order valence-electron chi connectivity index (χ1n) is 7.89. The number of phenols is 2. The molecule has 1 unspecified atom stereocenters. The van der Waals surface area contributed by atoms with Crippen LogP contribution in [-0.2, 0) is 14.9 Å². The molecule has 0 aliphatic carbocycles. The highest BCUT2D eigenvalue weighted by Crippen LogP contribution is 2.50. The van der Waals surface area contributed by atoms with Crippen molar-refractivity contribution < 1.29 is 23.2 Å². The molecule has 152 valence electrons. The summed E-state index contributed by atoms with van der Waals surface area (Å²) in [4.78, 5) is 0. The minimum atomic E-state index is -5.06. The largest absolute Gasteiger partial charge is 0.508 e. The second-order valence-corrected chi connectivity index (χ2v) is 9.29. The molecule has 0 radical (unpaired) electrons. The zero-order valence-electron chi connectivity index (χ0n) is 14.3. The molecule has 5 nitrogen and oxygen atoms in total. The van der Waals surface area contributed by atoms with Gasteiger partial charge in [0.2, 0.25) is 0 Å². The van der Waals surface area contributed by atoms with Crippen LogP contribution in [0.4, 0.5) is 0 Å². The first-order chi connectivity index (χ1) is 13.5. The number of phenolic OH excluding ortho intramolecular Hbond substituents is 2. The van der Waals surface area contributed by atoms with E-state index in [0.717, 1.165) is 12.1 Å². The fraction of sp³-hybridized carbons (Fsp3) is 0.0526. The van der Waals surface area contributed by atoms with Crippen LogP contribution >= 0.6 is 46.4 Å². The maximum absolute atomic E-state index is 13.0. The molecule has 0 saturated heterocycles. The van der Waals surface area contributed by atoms with Crippen molar-refractivity contribution in [3.05, 3.63) is 91.4 Å². The summed E-state index contributed by atoms with van der Waals surface area (Å²) in [5.41, 5.74) is -0.346. The monoisotopic (exact) mass is 492 g/mol. The first kappa shape index (κ1) is 22.0.